The highest BCUT2D eigenvalue weighted by Crippen LogP contribution is 2.22. The first-order valence-electron chi connectivity index (χ1n) is 7.19. The minimum atomic E-state index is 0.902. The predicted molar refractivity (Wildman–Crippen MR) is 86.8 cm³/mol. The molecule has 0 aliphatic heterocycles. The number of hydrogen-bond donors (Lipinski definition) is 0. The fourth-order valence-corrected chi connectivity index (χ4v) is 2.31. The van der Waals surface area contributed by atoms with Crippen molar-refractivity contribution in [3.8, 4) is 12.3 Å². The van der Waals surface area contributed by atoms with Crippen molar-refractivity contribution in [1.82, 2.24) is 0 Å². The Kier molecular flexibility index (Phi) is 5.26. The Morgan fingerprint density at radius 2 is 1.70 bits per heavy atom. The van der Waals surface area contributed by atoms with Crippen LogP contribution in [0.5, 0.6) is 0 Å². The van der Waals surface area contributed by atoms with E-state index >= 15 is 0 Å². The summed E-state index contributed by atoms with van der Waals surface area (Å²) in [5, 5.41) is 0. The van der Waals surface area contributed by atoms with Crippen molar-refractivity contribution in [2.24, 2.45) is 0 Å². The summed E-state index contributed by atoms with van der Waals surface area (Å²) in [4.78, 5) is 2.38. The van der Waals surface area contributed by atoms with E-state index in [1.807, 2.05) is 12.1 Å². The molecule has 0 saturated heterocycles. The second kappa shape index (κ2) is 7.40. The highest BCUT2D eigenvalue weighted by Gasteiger charge is 2.10. The maximum Gasteiger partial charge on any atom is 0.0528 e. The highest BCUT2D eigenvalue weighted by molar-refractivity contribution is 5.60. The minimum absolute atomic E-state index is 0.902. The summed E-state index contributed by atoms with van der Waals surface area (Å²) in [6, 6.07) is 18.7. The van der Waals surface area contributed by atoms with Gasteiger partial charge in [-0.2, -0.15) is 0 Å². The molecule has 102 valence electrons. The van der Waals surface area contributed by atoms with Gasteiger partial charge in [0.25, 0.3) is 0 Å². The summed E-state index contributed by atoms with van der Waals surface area (Å²) in [6.45, 7) is 4.15. The van der Waals surface area contributed by atoms with E-state index in [0.29, 0.717) is 0 Å². The van der Waals surface area contributed by atoms with Crippen molar-refractivity contribution < 1.29 is 0 Å². The highest BCUT2D eigenvalue weighted by atomic mass is 15.1. The summed E-state index contributed by atoms with van der Waals surface area (Å²) in [5.74, 6) is 2.80. The average molecular weight is 263 g/mol. The van der Waals surface area contributed by atoms with Crippen LogP contribution in [0.2, 0.25) is 0 Å². The van der Waals surface area contributed by atoms with E-state index in [2.05, 4.69) is 60.2 Å². The van der Waals surface area contributed by atoms with E-state index in [-0.39, 0.29) is 0 Å². The molecule has 0 radical (unpaired) electrons. The van der Waals surface area contributed by atoms with Crippen molar-refractivity contribution in [2.75, 3.05) is 11.4 Å². The first-order chi connectivity index (χ1) is 9.85. The molecular formula is C19H21N. The van der Waals surface area contributed by atoms with Crippen LogP contribution in [0, 0.1) is 12.3 Å². The zero-order chi connectivity index (χ0) is 14.2. The predicted octanol–water partition coefficient (Wildman–Crippen LogP) is 4.47. The number of terminal acetylenes is 1. The summed E-state index contributed by atoms with van der Waals surface area (Å²) in [5.41, 5.74) is 3.45. The quantitative estimate of drug-likeness (QED) is 0.695. The molecule has 0 aromatic heterocycles. The Hall–Kier alpha value is -2.20. The lowest BCUT2D eigenvalue weighted by molar-refractivity contribution is 0.715. The van der Waals surface area contributed by atoms with Crippen molar-refractivity contribution in [3.63, 3.8) is 0 Å². The van der Waals surface area contributed by atoms with E-state index in [4.69, 9.17) is 6.42 Å². The van der Waals surface area contributed by atoms with Crippen LogP contribution in [0.15, 0.2) is 54.6 Å². The summed E-state index contributed by atoms with van der Waals surface area (Å²) in [7, 11) is 0. The molecule has 0 fully saturated rings. The van der Waals surface area contributed by atoms with Crippen LogP contribution in [0.3, 0.4) is 0 Å². The Bertz CT molecular complexity index is 566. The number of benzene rings is 2. The number of unbranched alkanes of at least 4 members (excludes halogenated alkanes) is 1. The third-order valence-electron chi connectivity index (χ3n) is 3.40. The molecule has 0 bridgehead atoms. The normalized spacial score (nSPS) is 10.0. The topological polar surface area (TPSA) is 3.24 Å². The molecule has 0 unspecified atom stereocenters. The smallest absolute Gasteiger partial charge is 0.0528 e. The van der Waals surface area contributed by atoms with Crippen molar-refractivity contribution in [3.05, 3.63) is 65.7 Å². The lowest BCUT2D eigenvalue weighted by Crippen LogP contribution is -2.24. The van der Waals surface area contributed by atoms with Crippen molar-refractivity contribution in [1.29, 1.82) is 0 Å². The summed E-state index contributed by atoms with van der Waals surface area (Å²) >= 11 is 0. The van der Waals surface area contributed by atoms with Crippen LogP contribution >= 0.6 is 0 Å². The zero-order valence-electron chi connectivity index (χ0n) is 12.0. The molecule has 2 rings (SSSR count). The van der Waals surface area contributed by atoms with Crippen LogP contribution < -0.4 is 4.90 Å². The second-order valence-electron chi connectivity index (χ2n) is 4.92. The molecule has 0 amide bonds. The van der Waals surface area contributed by atoms with Gasteiger partial charge in [-0.1, -0.05) is 61.7 Å². The number of anilines is 1. The molecule has 0 aliphatic rings. The molecule has 1 heteroatoms. The van der Waals surface area contributed by atoms with Crippen LogP contribution in [0.25, 0.3) is 0 Å². The Morgan fingerprint density at radius 1 is 1.00 bits per heavy atom. The Labute approximate surface area is 122 Å². The van der Waals surface area contributed by atoms with Gasteiger partial charge in [-0.3, -0.25) is 0 Å². The fourth-order valence-electron chi connectivity index (χ4n) is 2.31. The molecule has 20 heavy (non-hydrogen) atoms. The van der Waals surface area contributed by atoms with Gasteiger partial charge in [0, 0.05) is 18.7 Å². The number of rotatable bonds is 6. The van der Waals surface area contributed by atoms with Gasteiger partial charge in [-0.15, -0.1) is 6.42 Å². The first-order valence-corrected chi connectivity index (χ1v) is 7.19. The minimum Gasteiger partial charge on any atom is -0.366 e. The van der Waals surface area contributed by atoms with Gasteiger partial charge in [-0.25, -0.2) is 0 Å². The molecule has 0 aliphatic carbocycles. The van der Waals surface area contributed by atoms with Gasteiger partial charge in [0.05, 0.1) is 5.69 Å². The zero-order valence-corrected chi connectivity index (χ0v) is 12.0. The maximum absolute atomic E-state index is 5.63. The van der Waals surface area contributed by atoms with Gasteiger partial charge >= 0.3 is 0 Å². The molecule has 0 spiro atoms. The summed E-state index contributed by atoms with van der Waals surface area (Å²) < 4.78 is 0. The van der Waals surface area contributed by atoms with Crippen molar-refractivity contribution >= 4 is 5.69 Å². The van der Waals surface area contributed by atoms with Crippen molar-refractivity contribution in [2.45, 2.75) is 26.3 Å². The largest absolute Gasteiger partial charge is 0.366 e. The number of nitrogens with zero attached hydrogens (tertiary/aromatic N) is 1. The SMILES string of the molecule is C#Cc1ccccc1N(CCCC)Cc1ccccc1. The number of para-hydroxylation sites is 1. The molecular weight excluding hydrogens is 242 g/mol. The van der Waals surface area contributed by atoms with Gasteiger partial charge in [0.15, 0.2) is 0 Å². The van der Waals surface area contributed by atoms with E-state index in [1.165, 1.54) is 18.4 Å². The molecule has 2 aromatic carbocycles. The average Bonchev–Trinajstić information content (AvgIpc) is 2.52. The molecule has 2 aromatic rings. The molecule has 0 saturated carbocycles. The summed E-state index contributed by atoms with van der Waals surface area (Å²) in [6.07, 6.45) is 7.99. The molecule has 0 atom stereocenters. The van der Waals surface area contributed by atoms with Gasteiger partial charge in [0.2, 0.25) is 0 Å². The van der Waals surface area contributed by atoms with E-state index in [9.17, 15) is 0 Å². The van der Waals surface area contributed by atoms with Gasteiger partial charge in [-0.05, 0) is 24.1 Å². The lowest BCUT2D eigenvalue weighted by atomic mass is 10.1. The molecule has 0 heterocycles. The first kappa shape index (κ1) is 14.2. The Morgan fingerprint density at radius 3 is 2.40 bits per heavy atom. The van der Waals surface area contributed by atoms with Gasteiger partial charge < -0.3 is 4.90 Å². The molecule has 0 N–H and O–H groups in total. The fraction of sp³-hybridized carbons (Fsp3) is 0.263. The van der Waals surface area contributed by atoms with E-state index in [1.54, 1.807) is 0 Å². The third kappa shape index (κ3) is 3.65. The maximum atomic E-state index is 5.63. The second-order valence-corrected chi connectivity index (χ2v) is 4.92. The lowest BCUT2D eigenvalue weighted by Gasteiger charge is -2.26. The Balaban J connectivity index is 2.25. The monoisotopic (exact) mass is 263 g/mol. The van der Waals surface area contributed by atoms with E-state index in [0.717, 1.165) is 24.3 Å². The van der Waals surface area contributed by atoms with Crippen LogP contribution in [-0.4, -0.2) is 6.54 Å². The standard InChI is InChI=1S/C19H21N/c1-3-5-15-20(16-17-11-7-6-8-12-17)19-14-10-9-13-18(19)4-2/h2,6-14H,3,5,15-16H2,1H3. The van der Waals surface area contributed by atoms with Crippen LogP contribution in [-0.2, 0) is 6.54 Å². The third-order valence-corrected chi connectivity index (χ3v) is 3.40. The van der Waals surface area contributed by atoms with Gasteiger partial charge in [0.1, 0.15) is 0 Å². The molecule has 1 nitrogen and oxygen atoms in total. The van der Waals surface area contributed by atoms with E-state index < -0.39 is 0 Å². The number of hydrogen-bond acceptors (Lipinski definition) is 1. The van der Waals surface area contributed by atoms with Crippen LogP contribution in [0.4, 0.5) is 5.69 Å². The van der Waals surface area contributed by atoms with Crippen LogP contribution in [0.1, 0.15) is 30.9 Å².